The minimum absolute atomic E-state index is 0.0821. The predicted molar refractivity (Wildman–Crippen MR) is 115 cm³/mol. The van der Waals surface area contributed by atoms with Crippen molar-refractivity contribution in [2.45, 2.75) is 26.4 Å². The second-order valence-corrected chi connectivity index (χ2v) is 7.48. The van der Waals surface area contributed by atoms with Crippen molar-refractivity contribution < 1.29 is 0 Å². The van der Waals surface area contributed by atoms with Crippen LogP contribution in [0.25, 0.3) is 33.2 Å². The highest BCUT2D eigenvalue weighted by atomic mass is 35.5. The van der Waals surface area contributed by atoms with Crippen LogP contribution in [-0.2, 0) is 13.1 Å². The number of para-hydroxylation sites is 2. The van der Waals surface area contributed by atoms with Crippen LogP contribution in [0.15, 0.2) is 59.7 Å². The first-order chi connectivity index (χ1) is 14.2. The molecule has 29 heavy (non-hydrogen) atoms. The highest BCUT2D eigenvalue weighted by Crippen LogP contribution is 2.26. The number of rotatable bonds is 4. The van der Waals surface area contributed by atoms with Crippen molar-refractivity contribution >= 4 is 44.8 Å². The fourth-order valence-electron chi connectivity index (χ4n) is 3.66. The standard InChI is InChI=1S/C22H18ClN5O/c1-2-11-27-13-24-20-18(22(27)29)19-21(26-17-6-4-3-5-16(17)25-19)28(20)12-14-7-9-15(23)10-8-14/h3-10,13H,2,11-12H2,1H3. The summed E-state index contributed by atoms with van der Waals surface area (Å²) in [4.78, 5) is 27.4. The maximum atomic E-state index is 13.2. The lowest BCUT2D eigenvalue weighted by molar-refractivity contribution is 0.646. The Balaban J connectivity index is 1.85. The first-order valence-electron chi connectivity index (χ1n) is 9.54. The number of nitrogens with zero attached hydrogens (tertiary/aromatic N) is 5. The number of benzene rings is 2. The van der Waals surface area contributed by atoms with Crippen molar-refractivity contribution in [2.75, 3.05) is 0 Å². The molecule has 0 spiro atoms. The van der Waals surface area contributed by atoms with E-state index in [0.29, 0.717) is 40.3 Å². The van der Waals surface area contributed by atoms with Crippen LogP contribution in [0.5, 0.6) is 0 Å². The maximum Gasteiger partial charge on any atom is 0.265 e. The van der Waals surface area contributed by atoms with E-state index in [-0.39, 0.29) is 5.56 Å². The molecule has 0 aliphatic carbocycles. The Kier molecular flexibility index (Phi) is 4.28. The first-order valence-corrected chi connectivity index (χ1v) is 9.92. The molecule has 5 rings (SSSR count). The van der Waals surface area contributed by atoms with Crippen molar-refractivity contribution in [3.05, 3.63) is 75.8 Å². The van der Waals surface area contributed by atoms with Crippen LogP contribution < -0.4 is 5.56 Å². The molecule has 0 atom stereocenters. The molecule has 0 N–H and O–H groups in total. The van der Waals surface area contributed by atoms with E-state index in [1.165, 1.54) is 0 Å². The van der Waals surface area contributed by atoms with Crippen LogP contribution in [0.2, 0.25) is 5.02 Å². The largest absolute Gasteiger partial charge is 0.304 e. The number of aryl methyl sites for hydroxylation is 1. The van der Waals surface area contributed by atoms with Crippen molar-refractivity contribution in [3.63, 3.8) is 0 Å². The van der Waals surface area contributed by atoms with Crippen LogP contribution in [0.3, 0.4) is 0 Å². The summed E-state index contributed by atoms with van der Waals surface area (Å²) in [6, 6.07) is 15.3. The van der Waals surface area contributed by atoms with Crippen molar-refractivity contribution in [1.82, 2.24) is 24.1 Å². The highest BCUT2D eigenvalue weighted by Gasteiger charge is 2.19. The SMILES string of the molecule is CCCn1cnc2c(c1=O)c1nc3ccccc3nc1n2Cc1ccc(Cl)cc1. The molecular weight excluding hydrogens is 386 g/mol. The summed E-state index contributed by atoms with van der Waals surface area (Å²) in [7, 11) is 0. The van der Waals surface area contributed by atoms with Crippen molar-refractivity contribution in [1.29, 1.82) is 0 Å². The van der Waals surface area contributed by atoms with Gasteiger partial charge in [0, 0.05) is 11.6 Å². The molecule has 3 heterocycles. The maximum absolute atomic E-state index is 13.2. The molecule has 5 aromatic rings. The van der Waals surface area contributed by atoms with Crippen LogP contribution in [0.1, 0.15) is 18.9 Å². The molecule has 2 aromatic carbocycles. The molecule has 0 unspecified atom stereocenters. The van der Waals surface area contributed by atoms with E-state index < -0.39 is 0 Å². The van der Waals surface area contributed by atoms with Crippen LogP contribution >= 0.6 is 11.6 Å². The molecule has 0 fully saturated rings. The topological polar surface area (TPSA) is 65.6 Å². The quantitative estimate of drug-likeness (QED) is 0.446. The third-order valence-corrected chi connectivity index (χ3v) is 5.29. The van der Waals surface area contributed by atoms with Gasteiger partial charge in [-0.05, 0) is 36.2 Å². The lowest BCUT2D eigenvalue weighted by Gasteiger charge is -2.07. The average molecular weight is 404 g/mol. The number of hydrogen-bond donors (Lipinski definition) is 0. The fourth-order valence-corrected chi connectivity index (χ4v) is 3.79. The Bertz CT molecular complexity index is 1420. The van der Waals surface area contributed by atoms with E-state index in [9.17, 15) is 4.79 Å². The molecule has 7 heteroatoms. The summed E-state index contributed by atoms with van der Waals surface area (Å²) >= 11 is 6.03. The summed E-state index contributed by atoms with van der Waals surface area (Å²) in [6.07, 6.45) is 2.47. The second kappa shape index (κ2) is 6.97. The fraction of sp³-hybridized carbons (Fsp3) is 0.182. The zero-order valence-electron chi connectivity index (χ0n) is 15.8. The van der Waals surface area contributed by atoms with Gasteiger partial charge in [-0.25, -0.2) is 15.0 Å². The van der Waals surface area contributed by atoms with Gasteiger partial charge in [0.2, 0.25) is 0 Å². The molecule has 0 aliphatic heterocycles. The number of hydrogen-bond acceptors (Lipinski definition) is 4. The van der Waals surface area contributed by atoms with E-state index in [4.69, 9.17) is 21.6 Å². The van der Waals surface area contributed by atoms with Gasteiger partial charge in [0.15, 0.2) is 11.3 Å². The molecule has 0 saturated heterocycles. The summed E-state index contributed by atoms with van der Waals surface area (Å²) < 4.78 is 3.61. The Morgan fingerprint density at radius 1 is 0.966 bits per heavy atom. The second-order valence-electron chi connectivity index (χ2n) is 7.04. The average Bonchev–Trinajstić information content (AvgIpc) is 3.03. The minimum Gasteiger partial charge on any atom is -0.304 e. The number of fused-ring (bicyclic) bond motifs is 4. The smallest absolute Gasteiger partial charge is 0.265 e. The number of aromatic nitrogens is 5. The van der Waals surface area contributed by atoms with E-state index in [0.717, 1.165) is 23.0 Å². The Morgan fingerprint density at radius 2 is 1.69 bits per heavy atom. The van der Waals surface area contributed by atoms with E-state index in [2.05, 4.69) is 4.98 Å². The van der Waals surface area contributed by atoms with E-state index in [1.807, 2.05) is 60.0 Å². The molecule has 0 saturated carbocycles. The Morgan fingerprint density at radius 3 is 2.41 bits per heavy atom. The first kappa shape index (κ1) is 17.8. The van der Waals surface area contributed by atoms with Gasteiger partial charge in [-0.2, -0.15) is 0 Å². The van der Waals surface area contributed by atoms with Gasteiger partial charge in [-0.15, -0.1) is 0 Å². The lowest BCUT2D eigenvalue weighted by atomic mass is 10.2. The Labute approximate surface area is 171 Å². The third-order valence-electron chi connectivity index (χ3n) is 5.04. The van der Waals surface area contributed by atoms with Gasteiger partial charge < -0.3 is 4.57 Å². The summed E-state index contributed by atoms with van der Waals surface area (Å²) in [5, 5.41) is 1.20. The van der Waals surface area contributed by atoms with Crippen LogP contribution in [0, 0.1) is 0 Å². The van der Waals surface area contributed by atoms with Gasteiger partial charge >= 0.3 is 0 Å². The predicted octanol–water partition coefficient (Wildman–Crippen LogP) is 4.41. The van der Waals surface area contributed by atoms with E-state index in [1.54, 1.807) is 10.9 Å². The monoisotopic (exact) mass is 403 g/mol. The highest BCUT2D eigenvalue weighted by molar-refractivity contribution is 6.30. The van der Waals surface area contributed by atoms with Crippen LogP contribution in [-0.4, -0.2) is 24.1 Å². The Hall–Kier alpha value is -3.25. The normalized spacial score (nSPS) is 11.7. The molecule has 144 valence electrons. The molecule has 0 amide bonds. The van der Waals surface area contributed by atoms with Crippen molar-refractivity contribution in [2.24, 2.45) is 0 Å². The molecule has 3 aromatic heterocycles. The molecule has 6 nitrogen and oxygen atoms in total. The third kappa shape index (κ3) is 2.96. The molecular formula is C22H18ClN5O. The van der Waals surface area contributed by atoms with Crippen molar-refractivity contribution in [3.8, 4) is 0 Å². The zero-order chi connectivity index (χ0) is 20.0. The lowest BCUT2D eigenvalue weighted by Crippen LogP contribution is -2.20. The zero-order valence-corrected chi connectivity index (χ0v) is 16.6. The summed E-state index contributed by atoms with van der Waals surface area (Å²) in [5.41, 5.74) is 4.36. The van der Waals surface area contributed by atoms with Crippen LogP contribution in [0.4, 0.5) is 0 Å². The molecule has 0 radical (unpaired) electrons. The van der Waals surface area contributed by atoms with E-state index >= 15 is 0 Å². The van der Waals surface area contributed by atoms with Gasteiger partial charge in [0.25, 0.3) is 5.56 Å². The number of halogens is 1. The molecule has 0 bridgehead atoms. The van der Waals surface area contributed by atoms with Gasteiger partial charge in [-0.1, -0.05) is 42.8 Å². The minimum atomic E-state index is -0.0821. The van der Waals surface area contributed by atoms with Gasteiger partial charge in [0.05, 0.1) is 23.9 Å². The van der Waals surface area contributed by atoms with Gasteiger partial charge in [0.1, 0.15) is 10.9 Å². The molecule has 0 aliphatic rings. The van der Waals surface area contributed by atoms with Gasteiger partial charge in [-0.3, -0.25) is 9.36 Å². The summed E-state index contributed by atoms with van der Waals surface area (Å²) in [6.45, 7) is 3.18. The summed E-state index contributed by atoms with van der Waals surface area (Å²) in [5.74, 6) is 0.